The molecule has 0 amide bonds. The Bertz CT molecular complexity index is 899. The summed E-state index contributed by atoms with van der Waals surface area (Å²) in [5.74, 6) is 0.242. The molecule has 0 saturated heterocycles. The molecule has 1 unspecified atom stereocenters. The van der Waals surface area contributed by atoms with Gasteiger partial charge in [-0.05, 0) is 36.5 Å². The number of nitrogens with zero attached hydrogens (tertiary/aromatic N) is 3. The molecule has 1 aliphatic rings. The van der Waals surface area contributed by atoms with Crippen LogP contribution in [0.1, 0.15) is 37.3 Å². The number of anilines is 1. The number of nitrogens with one attached hydrogen (secondary N) is 1. The zero-order valence-electron chi connectivity index (χ0n) is 13.0. The standard InChI is InChI=1S/C17H17FN4OS/c18-13-7-5-12(6-8-13)15(11-3-1-2-4-11)20-16-21-22-14(23)9-10-19-17(22)24-16/h5-11,15H,1-4H2,(H,20,21). The van der Waals surface area contributed by atoms with Crippen molar-refractivity contribution in [1.82, 2.24) is 14.6 Å². The van der Waals surface area contributed by atoms with E-state index in [1.165, 1.54) is 53.1 Å². The van der Waals surface area contributed by atoms with Gasteiger partial charge in [0, 0.05) is 12.3 Å². The monoisotopic (exact) mass is 344 g/mol. The van der Waals surface area contributed by atoms with Crippen molar-refractivity contribution in [2.45, 2.75) is 31.7 Å². The van der Waals surface area contributed by atoms with Crippen LogP contribution in [0, 0.1) is 11.7 Å². The van der Waals surface area contributed by atoms with Gasteiger partial charge in [0.25, 0.3) is 5.56 Å². The van der Waals surface area contributed by atoms with Crippen molar-refractivity contribution in [2.24, 2.45) is 5.92 Å². The molecule has 1 fully saturated rings. The lowest BCUT2D eigenvalue weighted by Crippen LogP contribution is -2.19. The third kappa shape index (κ3) is 2.91. The Morgan fingerprint density at radius 3 is 2.67 bits per heavy atom. The highest BCUT2D eigenvalue weighted by Gasteiger charge is 2.27. The van der Waals surface area contributed by atoms with Crippen LogP contribution < -0.4 is 10.9 Å². The Balaban J connectivity index is 1.68. The summed E-state index contributed by atoms with van der Waals surface area (Å²) in [4.78, 5) is 16.6. The van der Waals surface area contributed by atoms with Gasteiger partial charge in [-0.15, -0.1) is 5.10 Å². The van der Waals surface area contributed by atoms with E-state index in [2.05, 4.69) is 15.4 Å². The summed E-state index contributed by atoms with van der Waals surface area (Å²) in [5.41, 5.74) is 0.853. The third-order valence-electron chi connectivity index (χ3n) is 4.55. The maximum Gasteiger partial charge on any atom is 0.275 e. The lowest BCUT2D eigenvalue weighted by molar-refractivity contribution is 0.469. The minimum absolute atomic E-state index is 0.0596. The van der Waals surface area contributed by atoms with Gasteiger partial charge in [-0.1, -0.05) is 36.3 Å². The largest absolute Gasteiger partial charge is 0.353 e. The number of halogens is 1. The quantitative estimate of drug-likeness (QED) is 0.785. The zero-order valence-corrected chi connectivity index (χ0v) is 13.8. The molecule has 7 heteroatoms. The molecule has 5 nitrogen and oxygen atoms in total. The Morgan fingerprint density at radius 1 is 1.21 bits per heavy atom. The van der Waals surface area contributed by atoms with Crippen molar-refractivity contribution in [3.63, 3.8) is 0 Å². The topological polar surface area (TPSA) is 59.3 Å². The van der Waals surface area contributed by atoms with Gasteiger partial charge in [0.1, 0.15) is 5.82 Å². The Labute approximate surface area is 142 Å². The lowest BCUT2D eigenvalue weighted by atomic mass is 9.92. The van der Waals surface area contributed by atoms with E-state index in [0.29, 0.717) is 16.0 Å². The molecule has 1 aromatic carbocycles. The predicted molar refractivity (Wildman–Crippen MR) is 91.9 cm³/mol. The number of aromatic nitrogens is 3. The molecule has 0 bridgehead atoms. The predicted octanol–water partition coefficient (Wildman–Crippen LogP) is 3.63. The first-order chi connectivity index (χ1) is 11.7. The van der Waals surface area contributed by atoms with Crippen LogP contribution in [0.25, 0.3) is 4.96 Å². The molecule has 3 aromatic rings. The van der Waals surface area contributed by atoms with E-state index >= 15 is 0 Å². The van der Waals surface area contributed by atoms with E-state index < -0.39 is 0 Å². The van der Waals surface area contributed by atoms with E-state index in [0.717, 1.165) is 18.4 Å². The van der Waals surface area contributed by atoms with Gasteiger partial charge < -0.3 is 5.32 Å². The number of fused-ring (bicyclic) bond motifs is 1. The summed E-state index contributed by atoms with van der Waals surface area (Å²) >= 11 is 1.35. The van der Waals surface area contributed by atoms with Crippen LogP contribution in [0.5, 0.6) is 0 Å². The second kappa shape index (κ2) is 6.32. The highest BCUT2D eigenvalue weighted by molar-refractivity contribution is 7.20. The van der Waals surface area contributed by atoms with E-state index in [-0.39, 0.29) is 17.4 Å². The van der Waals surface area contributed by atoms with Crippen LogP contribution >= 0.6 is 11.3 Å². The summed E-state index contributed by atoms with van der Waals surface area (Å²) in [6.45, 7) is 0. The normalized spacial score (nSPS) is 16.5. The molecule has 0 spiro atoms. The molecular formula is C17H17FN4OS. The minimum Gasteiger partial charge on any atom is -0.353 e. The molecule has 2 heterocycles. The van der Waals surface area contributed by atoms with E-state index in [1.807, 2.05) is 12.1 Å². The molecular weight excluding hydrogens is 327 g/mol. The molecule has 1 aliphatic carbocycles. The smallest absolute Gasteiger partial charge is 0.275 e. The Kier molecular flexibility index (Phi) is 4.02. The molecule has 1 N–H and O–H groups in total. The average molecular weight is 344 g/mol. The highest BCUT2D eigenvalue weighted by Crippen LogP contribution is 2.38. The fourth-order valence-electron chi connectivity index (χ4n) is 3.37. The zero-order chi connectivity index (χ0) is 16.5. The van der Waals surface area contributed by atoms with E-state index in [9.17, 15) is 9.18 Å². The third-order valence-corrected chi connectivity index (χ3v) is 5.40. The van der Waals surface area contributed by atoms with Crippen molar-refractivity contribution in [2.75, 3.05) is 5.32 Å². The summed E-state index contributed by atoms with van der Waals surface area (Å²) in [5, 5.41) is 8.46. The molecule has 124 valence electrons. The molecule has 2 aromatic heterocycles. The van der Waals surface area contributed by atoms with Crippen LogP contribution in [0.3, 0.4) is 0 Å². The van der Waals surface area contributed by atoms with Crippen molar-refractivity contribution in [1.29, 1.82) is 0 Å². The second-order valence-electron chi connectivity index (χ2n) is 6.10. The molecule has 4 rings (SSSR count). The fourth-order valence-corrected chi connectivity index (χ4v) is 4.18. The SMILES string of the molecule is O=c1ccnc2sc(NC(c3ccc(F)cc3)C3CCCC3)nn12. The van der Waals surface area contributed by atoms with E-state index in [4.69, 9.17) is 0 Å². The van der Waals surface area contributed by atoms with Crippen LogP contribution in [-0.4, -0.2) is 14.6 Å². The first-order valence-electron chi connectivity index (χ1n) is 8.07. The summed E-state index contributed by atoms with van der Waals surface area (Å²) in [6.07, 6.45) is 6.19. The maximum absolute atomic E-state index is 13.3. The number of rotatable bonds is 4. The summed E-state index contributed by atoms with van der Waals surface area (Å²) < 4.78 is 14.6. The summed E-state index contributed by atoms with van der Waals surface area (Å²) in [7, 11) is 0. The summed E-state index contributed by atoms with van der Waals surface area (Å²) in [6, 6.07) is 8.08. The maximum atomic E-state index is 13.3. The molecule has 24 heavy (non-hydrogen) atoms. The molecule has 0 aliphatic heterocycles. The van der Waals surface area contributed by atoms with Gasteiger partial charge in [-0.25, -0.2) is 9.37 Å². The fraction of sp³-hybridized carbons (Fsp3) is 0.353. The van der Waals surface area contributed by atoms with Gasteiger partial charge in [0.05, 0.1) is 6.04 Å². The highest BCUT2D eigenvalue weighted by atomic mass is 32.1. The van der Waals surface area contributed by atoms with Crippen LogP contribution in [0.2, 0.25) is 0 Å². The first kappa shape index (κ1) is 15.3. The van der Waals surface area contributed by atoms with Gasteiger partial charge >= 0.3 is 0 Å². The van der Waals surface area contributed by atoms with Gasteiger partial charge in [0.15, 0.2) is 0 Å². The van der Waals surface area contributed by atoms with E-state index in [1.54, 1.807) is 0 Å². The first-order valence-corrected chi connectivity index (χ1v) is 8.89. The molecule has 0 radical (unpaired) electrons. The van der Waals surface area contributed by atoms with Gasteiger partial charge in [0.2, 0.25) is 10.1 Å². The van der Waals surface area contributed by atoms with Crippen molar-refractivity contribution in [3.8, 4) is 0 Å². The number of benzene rings is 1. The second-order valence-corrected chi connectivity index (χ2v) is 7.06. The van der Waals surface area contributed by atoms with Crippen LogP contribution in [0.4, 0.5) is 9.52 Å². The average Bonchev–Trinajstić information content (AvgIpc) is 3.23. The minimum atomic E-state index is -0.236. The van der Waals surface area contributed by atoms with Gasteiger partial charge in [-0.3, -0.25) is 4.79 Å². The molecule has 1 atom stereocenters. The van der Waals surface area contributed by atoms with Gasteiger partial charge in [-0.2, -0.15) is 4.52 Å². The Morgan fingerprint density at radius 2 is 1.96 bits per heavy atom. The van der Waals surface area contributed by atoms with Crippen LogP contribution in [-0.2, 0) is 0 Å². The number of hydrogen-bond acceptors (Lipinski definition) is 5. The number of hydrogen-bond donors (Lipinski definition) is 1. The lowest BCUT2D eigenvalue weighted by Gasteiger charge is -2.24. The van der Waals surface area contributed by atoms with Crippen molar-refractivity contribution < 1.29 is 4.39 Å². The van der Waals surface area contributed by atoms with Crippen molar-refractivity contribution in [3.05, 3.63) is 58.3 Å². The Hall–Kier alpha value is -2.28. The molecule has 1 saturated carbocycles. The van der Waals surface area contributed by atoms with Crippen molar-refractivity contribution >= 4 is 21.4 Å². The van der Waals surface area contributed by atoms with Crippen LogP contribution in [0.15, 0.2) is 41.3 Å².